The van der Waals surface area contributed by atoms with Gasteiger partial charge in [0.15, 0.2) is 5.69 Å². The zero-order valence-corrected chi connectivity index (χ0v) is 23.8. The molecule has 0 spiro atoms. The fourth-order valence-electron chi connectivity index (χ4n) is 5.05. The molecular formula is C32H40FN3O4. The topological polar surface area (TPSA) is 75.9 Å². The van der Waals surface area contributed by atoms with Crippen LogP contribution >= 0.6 is 0 Å². The molecule has 4 rings (SSSR count). The molecule has 0 N–H and O–H groups in total. The maximum absolute atomic E-state index is 14.0. The van der Waals surface area contributed by atoms with Gasteiger partial charge in [0.2, 0.25) is 5.91 Å². The molecule has 214 valence electrons. The van der Waals surface area contributed by atoms with E-state index in [0.717, 1.165) is 49.8 Å². The molecule has 0 radical (unpaired) electrons. The average Bonchev–Trinajstić information content (AvgIpc) is 3.31. The van der Waals surface area contributed by atoms with Gasteiger partial charge in [-0.3, -0.25) is 9.59 Å². The fraction of sp³-hybridized carbons (Fsp3) is 0.469. The smallest absolute Gasteiger partial charge is 0.276 e. The van der Waals surface area contributed by atoms with Crippen molar-refractivity contribution in [1.82, 2.24) is 10.1 Å². The monoisotopic (exact) mass is 549 g/mol. The zero-order chi connectivity index (χ0) is 28.5. The molecule has 2 heterocycles. The van der Waals surface area contributed by atoms with E-state index in [1.54, 1.807) is 24.0 Å². The number of amides is 2. The second kappa shape index (κ2) is 14.1. The van der Waals surface area contributed by atoms with Crippen molar-refractivity contribution in [2.24, 2.45) is 5.92 Å². The Balaban J connectivity index is 1.61. The van der Waals surface area contributed by atoms with Crippen LogP contribution in [-0.2, 0) is 17.9 Å². The van der Waals surface area contributed by atoms with Crippen molar-refractivity contribution in [3.05, 3.63) is 76.9 Å². The van der Waals surface area contributed by atoms with Crippen LogP contribution in [0.1, 0.15) is 86.2 Å². The number of aryl methyl sites for hydroxylation is 1. The molecule has 0 aliphatic carbocycles. The predicted molar refractivity (Wildman–Crippen MR) is 153 cm³/mol. The Morgan fingerprint density at radius 1 is 0.975 bits per heavy atom. The first kappa shape index (κ1) is 29.3. The number of anilines is 1. The molecule has 2 amide bonds. The first-order valence-electron chi connectivity index (χ1n) is 14.3. The SMILES string of the molecule is Cc1onc(C(=O)N2CCCCCCCCN(C(=O)CC(C)C)c3ccccc3C2)c1COc1ccc(F)cc1. The van der Waals surface area contributed by atoms with Gasteiger partial charge in [-0.05, 0) is 61.6 Å². The van der Waals surface area contributed by atoms with Crippen molar-refractivity contribution >= 4 is 17.5 Å². The Labute approximate surface area is 236 Å². The molecule has 0 saturated carbocycles. The van der Waals surface area contributed by atoms with Crippen molar-refractivity contribution in [2.45, 2.75) is 78.9 Å². The summed E-state index contributed by atoms with van der Waals surface area (Å²) in [4.78, 5) is 31.0. The zero-order valence-electron chi connectivity index (χ0n) is 23.8. The van der Waals surface area contributed by atoms with Gasteiger partial charge >= 0.3 is 0 Å². The van der Waals surface area contributed by atoms with Crippen molar-refractivity contribution in [2.75, 3.05) is 18.0 Å². The van der Waals surface area contributed by atoms with E-state index >= 15 is 0 Å². The van der Waals surface area contributed by atoms with Gasteiger partial charge in [-0.2, -0.15) is 0 Å². The first-order chi connectivity index (χ1) is 19.3. The Kier molecular flexibility index (Phi) is 10.3. The highest BCUT2D eigenvalue weighted by Crippen LogP contribution is 2.27. The standard InChI is InChI=1S/C32H40FN3O4/c1-23(2)20-30(37)36-19-11-7-5-4-6-10-18-35(21-25-12-8-9-13-29(25)36)32(38)31-28(24(3)40-34-31)22-39-27-16-14-26(33)15-17-27/h8-9,12-17,23H,4-7,10-11,18-22H2,1-3H3. The number of hydrogen-bond acceptors (Lipinski definition) is 5. The number of hydrogen-bond donors (Lipinski definition) is 0. The third kappa shape index (κ3) is 7.71. The van der Waals surface area contributed by atoms with Gasteiger partial charge in [0.25, 0.3) is 5.91 Å². The number of para-hydroxylation sites is 1. The molecule has 1 aliphatic rings. The minimum absolute atomic E-state index is 0.0734. The van der Waals surface area contributed by atoms with E-state index in [-0.39, 0.29) is 35.9 Å². The van der Waals surface area contributed by atoms with Crippen LogP contribution in [0.4, 0.5) is 10.1 Å². The largest absolute Gasteiger partial charge is 0.489 e. The summed E-state index contributed by atoms with van der Waals surface area (Å²) < 4.78 is 24.6. The van der Waals surface area contributed by atoms with Crippen LogP contribution in [-0.4, -0.2) is 35.0 Å². The highest BCUT2D eigenvalue weighted by Gasteiger charge is 2.27. The molecule has 1 aliphatic heterocycles. The second-order valence-corrected chi connectivity index (χ2v) is 10.9. The molecule has 3 aromatic rings. The van der Waals surface area contributed by atoms with Gasteiger partial charge in [0, 0.05) is 31.7 Å². The summed E-state index contributed by atoms with van der Waals surface area (Å²) in [5, 5.41) is 4.12. The number of fused-ring (bicyclic) bond motifs is 1. The minimum Gasteiger partial charge on any atom is -0.489 e. The molecule has 0 atom stereocenters. The Bertz CT molecular complexity index is 1270. The van der Waals surface area contributed by atoms with E-state index in [1.165, 1.54) is 12.1 Å². The number of halogens is 1. The van der Waals surface area contributed by atoms with E-state index < -0.39 is 0 Å². The van der Waals surface area contributed by atoms with E-state index in [0.29, 0.717) is 43.1 Å². The van der Waals surface area contributed by atoms with Gasteiger partial charge < -0.3 is 19.1 Å². The lowest BCUT2D eigenvalue weighted by Crippen LogP contribution is -2.36. The predicted octanol–water partition coefficient (Wildman–Crippen LogP) is 7.08. The number of aromatic nitrogens is 1. The van der Waals surface area contributed by atoms with E-state index in [9.17, 15) is 14.0 Å². The Morgan fingerprint density at radius 3 is 2.38 bits per heavy atom. The van der Waals surface area contributed by atoms with Crippen LogP contribution in [0.5, 0.6) is 5.75 Å². The summed E-state index contributed by atoms with van der Waals surface area (Å²) in [6.07, 6.45) is 6.61. The lowest BCUT2D eigenvalue weighted by molar-refractivity contribution is -0.119. The minimum atomic E-state index is -0.347. The van der Waals surface area contributed by atoms with Gasteiger partial charge in [-0.15, -0.1) is 0 Å². The van der Waals surface area contributed by atoms with Crippen molar-refractivity contribution in [1.29, 1.82) is 0 Å². The van der Waals surface area contributed by atoms with Gasteiger partial charge in [0.1, 0.15) is 23.9 Å². The summed E-state index contributed by atoms with van der Waals surface area (Å²) in [5.74, 6) is 0.778. The summed E-state index contributed by atoms with van der Waals surface area (Å²) in [6.45, 7) is 7.53. The van der Waals surface area contributed by atoms with Crippen LogP contribution in [0.2, 0.25) is 0 Å². The van der Waals surface area contributed by atoms with Gasteiger partial charge in [0.05, 0.1) is 5.56 Å². The molecule has 0 bridgehead atoms. The third-order valence-electron chi connectivity index (χ3n) is 7.26. The lowest BCUT2D eigenvalue weighted by Gasteiger charge is -2.29. The van der Waals surface area contributed by atoms with Crippen LogP contribution in [0.15, 0.2) is 53.1 Å². The number of carbonyl (C=O) groups excluding carboxylic acids is 2. The molecule has 0 unspecified atom stereocenters. The van der Waals surface area contributed by atoms with Crippen molar-refractivity contribution < 1.29 is 23.2 Å². The van der Waals surface area contributed by atoms with E-state index in [1.807, 2.05) is 29.2 Å². The quantitative estimate of drug-likeness (QED) is 0.329. The van der Waals surface area contributed by atoms with Crippen molar-refractivity contribution in [3.8, 4) is 5.75 Å². The molecule has 40 heavy (non-hydrogen) atoms. The van der Waals surface area contributed by atoms with E-state index in [2.05, 4.69) is 19.0 Å². The number of nitrogens with zero attached hydrogens (tertiary/aromatic N) is 3. The Hall–Kier alpha value is -3.68. The maximum atomic E-state index is 14.0. The summed E-state index contributed by atoms with van der Waals surface area (Å²) in [6, 6.07) is 13.6. The molecule has 0 fully saturated rings. The third-order valence-corrected chi connectivity index (χ3v) is 7.26. The van der Waals surface area contributed by atoms with Crippen LogP contribution in [0.3, 0.4) is 0 Å². The van der Waals surface area contributed by atoms with Crippen LogP contribution < -0.4 is 9.64 Å². The maximum Gasteiger partial charge on any atom is 0.276 e. The molecule has 8 heteroatoms. The highest BCUT2D eigenvalue weighted by molar-refractivity contribution is 5.95. The molecular weight excluding hydrogens is 509 g/mol. The normalized spacial score (nSPS) is 15.1. The molecule has 2 aromatic carbocycles. The number of benzene rings is 2. The Morgan fingerprint density at radius 2 is 1.65 bits per heavy atom. The summed E-state index contributed by atoms with van der Waals surface area (Å²) in [5.41, 5.74) is 2.58. The lowest BCUT2D eigenvalue weighted by atomic mass is 10.1. The molecule has 7 nitrogen and oxygen atoms in total. The number of ether oxygens (including phenoxy) is 1. The molecule has 1 aromatic heterocycles. The summed E-state index contributed by atoms with van der Waals surface area (Å²) in [7, 11) is 0. The van der Waals surface area contributed by atoms with Crippen LogP contribution in [0, 0.1) is 18.7 Å². The average molecular weight is 550 g/mol. The van der Waals surface area contributed by atoms with Crippen LogP contribution in [0.25, 0.3) is 0 Å². The van der Waals surface area contributed by atoms with E-state index in [4.69, 9.17) is 9.26 Å². The highest BCUT2D eigenvalue weighted by atomic mass is 19.1. The fourth-order valence-corrected chi connectivity index (χ4v) is 5.05. The number of carbonyl (C=O) groups is 2. The second-order valence-electron chi connectivity index (χ2n) is 10.9. The van der Waals surface area contributed by atoms with Gasteiger partial charge in [-0.25, -0.2) is 4.39 Å². The van der Waals surface area contributed by atoms with Crippen molar-refractivity contribution in [3.63, 3.8) is 0 Å². The first-order valence-corrected chi connectivity index (χ1v) is 14.3. The number of rotatable bonds is 6. The summed E-state index contributed by atoms with van der Waals surface area (Å²) >= 11 is 0. The van der Waals surface area contributed by atoms with Gasteiger partial charge in [-0.1, -0.05) is 62.9 Å². The molecule has 0 saturated heterocycles.